The van der Waals surface area contributed by atoms with Crippen LogP contribution in [-0.4, -0.2) is 16.0 Å². The summed E-state index contributed by atoms with van der Waals surface area (Å²) in [6.45, 7) is -0.297. The molecule has 0 radical (unpaired) electrons. The third-order valence-electron chi connectivity index (χ3n) is 2.54. The summed E-state index contributed by atoms with van der Waals surface area (Å²) in [7, 11) is 0. The van der Waals surface area contributed by atoms with Crippen LogP contribution in [0.5, 0.6) is 0 Å². The highest BCUT2D eigenvalue weighted by Crippen LogP contribution is 2.14. The van der Waals surface area contributed by atoms with Crippen molar-refractivity contribution in [3.63, 3.8) is 0 Å². The number of pyridine rings is 1. The molecule has 0 spiro atoms. The van der Waals surface area contributed by atoms with Gasteiger partial charge in [-0.1, -0.05) is 12.1 Å². The number of nitrogens with one attached hydrogen (secondary N) is 1. The summed E-state index contributed by atoms with van der Waals surface area (Å²) >= 11 is 0. The standard InChI is InChI=1S/C12H12N2O3/c13-11(16)4-7-1-2-8-5-9(6-15)12(17)14-10(8)3-7/h1-3,5,15H,4,6H2,(H2,13,16)(H,14,17). The second-order valence-corrected chi connectivity index (χ2v) is 3.85. The van der Waals surface area contributed by atoms with Crippen LogP contribution in [0.2, 0.25) is 0 Å². The van der Waals surface area contributed by atoms with Gasteiger partial charge in [0, 0.05) is 11.1 Å². The van der Waals surface area contributed by atoms with Gasteiger partial charge in [-0.2, -0.15) is 0 Å². The second-order valence-electron chi connectivity index (χ2n) is 3.85. The molecule has 5 nitrogen and oxygen atoms in total. The Balaban J connectivity index is 2.55. The zero-order chi connectivity index (χ0) is 12.4. The number of aliphatic hydroxyl groups is 1. The third kappa shape index (κ3) is 2.34. The molecule has 0 aliphatic heterocycles. The molecule has 17 heavy (non-hydrogen) atoms. The fraction of sp³-hybridized carbons (Fsp3) is 0.167. The second kappa shape index (κ2) is 4.39. The van der Waals surface area contributed by atoms with Crippen LogP contribution in [0.25, 0.3) is 10.9 Å². The van der Waals surface area contributed by atoms with Crippen molar-refractivity contribution in [3.05, 3.63) is 45.7 Å². The normalized spacial score (nSPS) is 10.6. The maximum Gasteiger partial charge on any atom is 0.253 e. The van der Waals surface area contributed by atoms with E-state index in [4.69, 9.17) is 10.8 Å². The molecule has 0 unspecified atom stereocenters. The number of amides is 1. The Morgan fingerprint density at radius 2 is 2.12 bits per heavy atom. The summed E-state index contributed by atoms with van der Waals surface area (Å²) in [4.78, 5) is 24.9. The van der Waals surface area contributed by atoms with Crippen LogP contribution in [0.15, 0.2) is 29.1 Å². The number of carbonyl (C=O) groups is 1. The number of aromatic nitrogens is 1. The lowest BCUT2D eigenvalue weighted by Gasteiger charge is -2.03. The SMILES string of the molecule is NC(=O)Cc1ccc2cc(CO)c(=O)[nH]c2c1. The molecule has 5 heteroatoms. The van der Waals surface area contributed by atoms with Crippen LogP contribution in [0.1, 0.15) is 11.1 Å². The predicted octanol–water partition coefficient (Wildman–Crippen LogP) is 0.0482. The minimum atomic E-state index is -0.418. The maximum absolute atomic E-state index is 11.5. The molecule has 0 saturated heterocycles. The van der Waals surface area contributed by atoms with E-state index >= 15 is 0 Å². The zero-order valence-corrected chi connectivity index (χ0v) is 9.06. The number of benzene rings is 1. The van der Waals surface area contributed by atoms with E-state index in [2.05, 4.69) is 4.98 Å². The Bertz CT molecular complexity index is 631. The number of nitrogens with two attached hydrogens (primary N) is 1. The summed E-state index contributed by atoms with van der Waals surface area (Å²) in [6.07, 6.45) is 0.139. The van der Waals surface area contributed by atoms with Crippen molar-refractivity contribution in [3.8, 4) is 0 Å². The minimum absolute atomic E-state index is 0.139. The Labute approximate surface area is 96.9 Å². The monoisotopic (exact) mass is 232 g/mol. The number of hydrogen-bond donors (Lipinski definition) is 3. The number of aromatic amines is 1. The minimum Gasteiger partial charge on any atom is -0.391 e. The van der Waals surface area contributed by atoms with Gasteiger partial charge in [0.15, 0.2) is 0 Å². The molecule has 1 aromatic carbocycles. The number of primary amides is 1. The molecule has 0 saturated carbocycles. The largest absolute Gasteiger partial charge is 0.391 e. The van der Waals surface area contributed by atoms with E-state index in [1.165, 1.54) is 0 Å². The Hall–Kier alpha value is -2.14. The zero-order valence-electron chi connectivity index (χ0n) is 9.06. The summed E-state index contributed by atoms with van der Waals surface area (Å²) in [5, 5.41) is 9.78. The van der Waals surface area contributed by atoms with Crippen LogP contribution < -0.4 is 11.3 Å². The van der Waals surface area contributed by atoms with E-state index in [1.54, 1.807) is 24.3 Å². The third-order valence-corrected chi connectivity index (χ3v) is 2.54. The predicted molar refractivity (Wildman–Crippen MR) is 63.4 cm³/mol. The molecule has 1 aromatic heterocycles. The first kappa shape index (κ1) is 11.3. The molecule has 0 aliphatic carbocycles. The van der Waals surface area contributed by atoms with Crippen molar-refractivity contribution >= 4 is 16.8 Å². The van der Waals surface area contributed by atoms with Crippen LogP contribution in [0, 0.1) is 0 Å². The van der Waals surface area contributed by atoms with E-state index < -0.39 is 5.91 Å². The number of hydrogen-bond acceptors (Lipinski definition) is 3. The molecular weight excluding hydrogens is 220 g/mol. The van der Waals surface area contributed by atoms with E-state index in [9.17, 15) is 9.59 Å². The molecule has 0 fully saturated rings. The van der Waals surface area contributed by atoms with Gasteiger partial charge < -0.3 is 15.8 Å². The topological polar surface area (TPSA) is 96.2 Å². The van der Waals surface area contributed by atoms with Gasteiger partial charge in [-0.25, -0.2) is 0 Å². The number of rotatable bonds is 3. The number of aliphatic hydroxyl groups excluding tert-OH is 1. The fourth-order valence-corrected chi connectivity index (χ4v) is 1.72. The van der Waals surface area contributed by atoms with Crippen LogP contribution in [-0.2, 0) is 17.8 Å². The molecule has 0 bridgehead atoms. The molecular formula is C12H12N2O3. The lowest BCUT2D eigenvalue weighted by Crippen LogP contribution is -2.14. The lowest BCUT2D eigenvalue weighted by atomic mass is 10.1. The van der Waals surface area contributed by atoms with Gasteiger partial charge in [0.2, 0.25) is 5.91 Å². The first-order valence-corrected chi connectivity index (χ1v) is 5.14. The molecule has 2 aromatic rings. The summed E-state index contributed by atoms with van der Waals surface area (Å²) in [5.74, 6) is -0.418. The number of fused-ring (bicyclic) bond motifs is 1. The molecule has 4 N–H and O–H groups in total. The van der Waals surface area contributed by atoms with Crippen molar-refractivity contribution in [2.45, 2.75) is 13.0 Å². The maximum atomic E-state index is 11.5. The molecule has 88 valence electrons. The van der Waals surface area contributed by atoms with Gasteiger partial charge in [0.1, 0.15) is 0 Å². The average molecular weight is 232 g/mol. The average Bonchev–Trinajstić information content (AvgIpc) is 2.27. The smallest absolute Gasteiger partial charge is 0.253 e. The van der Waals surface area contributed by atoms with Crippen molar-refractivity contribution in [2.24, 2.45) is 5.73 Å². The van der Waals surface area contributed by atoms with Gasteiger partial charge in [-0.15, -0.1) is 0 Å². The Kier molecular flexibility index (Phi) is 2.93. The van der Waals surface area contributed by atoms with E-state index in [1.807, 2.05) is 0 Å². The van der Waals surface area contributed by atoms with E-state index in [0.29, 0.717) is 11.1 Å². The van der Waals surface area contributed by atoms with Crippen molar-refractivity contribution in [1.29, 1.82) is 0 Å². The van der Waals surface area contributed by atoms with Gasteiger partial charge in [-0.05, 0) is 23.1 Å². The highest BCUT2D eigenvalue weighted by atomic mass is 16.3. The number of H-pyrrole nitrogens is 1. The highest BCUT2D eigenvalue weighted by Gasteiger charge is 2.04. The number of carbonyl (C=O) groups excluding carboxylic acids is 1. The van der Waals surface area contributed by atoms with E-state index in [-0.39, 0.29) is 18.6 Å². The molecule has 1 amide bonds. The summed E-state index contributed by atoms with van der Waals surface area (Å²) < 4.78 is 0. The first-order valence-electron chi connectivity index (χ1n) is 5.14. The molecule has 0 aliphatic rings. The van der Waals surface area contributed by atoms with Crippen LogP contribution in [0.3, 0.4) is 0 Å². The van der Waals surface area contributed by atoms with Gasteiger partial charge in [0.25, 0.3) is 5.56 Å². The van der Waals surface area contributed by atoms with Crippen molar-refractivity contribution in [1.82, 2.24) is 4.98 Å². The molecule has 2 rings (SSSR count). The van der Waals surface area contributed by atoms with Crippen molar-refractivity contribution < 1.29 is 9.90 Å². The van der Waals surface area contributed by atoms with Gasteiger partial charge in [-0.3, -0.25) is 9.59 Å². The molecule has 0 atom stereocenters. The fourth-order valence-electron chi connectivity index (χ4n) is 1.72. The summed E-state index contributed by atoms with van der Waals surface area (Å²) in [5.41, 5.74) is 6.47. The lowest BCUT2D eigenvalue weighted by molar-refractivity contribution is -0.117. The Morgan fingerprint density at radius 1 is 1.35 bits per heavy atom. The summed E-state index contributed by atoms with van der Waals surface area (Å²) in [6, 6.07) is 6.89. The first-order chi connectivity index (χ1) is 8.10. The Morgan fingerprint density at radius 3 is 2.76 bits per heavy atom. The van der Waals surface area contributed by atoms with Crippen molar-refractivity contribution in [2.75, 3.05) is 0 Å². The highest BCUT2D eigenvalue weighted by molar-refractivity contribution is 5.82. The van der Waals surface area contributed by atoms with Crippen LogP contribution in [0.4, 0.5) is 0 Å². The van der Waals surface area contributed by atoms with Gasteiger partial charge >= 0.3 is 0 Å². The molecule has 1 heterocycles. The van der Waals surface area contributed by atoms with E-state index in [0.717, 1.165) is 10.9 Å². The van der Waals surface area contributed by atoms with Crippen LogP contribution >= 0.6 is 0 Å². The van der Waals surface area contributed by atoms with Gasteiger partial charge in [0.05, 0.1) is 13.0 Å². The quantitative estimate of drug-likeness (QED) is 0.697.